The Labute approximate surface area is 168 Å². The number of piperidine rings is 1. The molecule has 0 radical (unpaired) electrons. The van der Waals surface area contributed by atoms with Crippen LogP contribution in [-0.2, 0) is 4.79 Å². The van der Waals surface area contributed by atoms with Gasteiger partial charge in [-0.15, -0.1) is 0 Å². The number of benzene rings is 2. The molecular weight excluding hydrogens is 374 g/mol. The van der Waals surface area contributed by atoms with Gasteiger partial charge in [-0.3, -0.25) is 9.69 Å². The average molecular weight is 396 g/mol. The minimum Gasteiger partial charge on any atom is -0.340 e. The normalized spacial score (nSPS) is 14.8. The number of nitrogens with one attached hydrogen (secondary N) is 2. The van der Waals surface area contributed by atoms with E-state index in [2.05, 4.69) is 25.5 Å². The van der Waals surface area contributed by atoms with Crippen molar-refractivity contribution >= 4 is 45.6 Å². The lowest BCUT2D eigenvalue weighted by molar-refractivity contribution is -0.117. The second-order valence-corrected chi connectivity index (χ2v) is 7.41. The van der Waals surface area contributed by atoms with Crippen LogP contribution in [0.1, 0.15) is 19.3 Å². The number of nitrogens with zero attached hydrogens (tertiary/aromatic N) is 3. The molecule has 7 heteroatoms. The third kappa shape index (κ3) is 4.58. The van der Waals surface area contributed by atoms with Gasteiger partial charge in [0, 0.05) is 21.8 Å². The number of amides is 1. The fourth-order valence-corrected chi connectivity index (χ4v) is 3.65. The highest BCUT2D eigenvalue weighted by Crippen LogP contribution is 2.26. The van der Waals surface area contributed by atoms with Crippen LogP contribution < -0.4 is 10.6 Å². The molecule has 3 aromatic rings. The summed E-state index contributed by atoms with van der Waals surface area (Å²) in [4.78, 5) is 23.3. The highest BCUT2D eigenvalue weighted by Gasteiger charge is 2.14. The second kappa shape index (κ2) is 8.54. The highest BCUT2D eigenvalue weighted by molar-refractivity contribution is 6.30. The van der Waals surface area contributed by atoms with Crippen molar-refractivity contribution in [2.45, 2.75) is 19.3 Å². The maximum Gasteiger partial charge on any atom is 0.238 e. The monoisotopic (exact) mass is 395 g/mol. The zero-order valence-electron chi connectivity index (χ0n) is 15.5. The summed E-state index contributed by atoms with van der Waals surface area (Å²) in [5.74, 6) is 0.668. The van der Waals surface area contributed by atoms with Crippen molar-refractivity contribution in [2.75, 3.05) is 30.3 Å². The molecule has 2 heterocycles. The van der Waals surface area contributed by atoms with Gasteiger partial charge in [0.1, 0.15) is 12.1 Å². The number of likely N-dealkylation sites (tertiary alicyclic amines) is 1. The summed E-state index contributed by atoms with van der Waals surface area (Å²) in [5.41, 5.74) is 2.37. The van der Waals surface area contributed by atoms with Gasteiger partial charge in [-0.2, -0.15) is 0 Å². The van der Waals surface area contributed by atoms with Crippen molar-refractivity contribution in [1.82, 2.24) is 14.9 Å². The van der Waals surface area contributed by atoms with Gasteiger partial charge in [-0.1, -0.05) is 24.1 Å². The van der Waals surface area contributed by atoms with Gasteiger partial charge in [0.05, 0.1) is 12.1 Å². The maximum atomic E-state index is 12.4. The third-order valence-electron chi connectivity index (χ3n) is 4.82. The molecule has 28 heavy (non-hydrogen) atoms. The van der Waals surface area contributed by atoms with Gasteiger partial charge in [-0.05, 0) is 62.3 Å². The number of anilines is 3. The van der Waals surface area contributed by atoms with Crippen molar-refractivity contribution in [2.24, 2.45) is 0 Å². The lowest BCUT2D eigenvalue weighted by Crippen LogP contribution is -2.36. The fraction of sp³-hybridized carbons (Fsp3) is 0.286. The molecule has 4 rings (SSSR count). The second-order valence-electron chi connectivity index (χ2n) is 6.97. The molecule has 1 fully saturated rings. The number of hydrogen-bond acceptors (Lipinski definition) is 5. The Bertz CT molecular complexity index is 987. The van der Waals surface area contributed by atoms with Crippen molar-refractivity contribution < 1.29 is 4.79 Å². The average Bonchev–Trinajstić information content (AvgIpc) is 2.69. The lowest BCUT2D eigenvalue weighted by atomic mass is 10.1. The fourth-order valence-electron chi connectivity index (χ4n) is 3.46. The van der Waals surface area contributed by atoms with E-state index in [-0.39, 0.29) is 5.91 Å². The van der Waals surface area contributed by atoms with E-state index in [1.807, 2.05) is 42.5 Å². The van der Waals surface area contributed by atoms with E-state index in [9.17, 15) is 4.79 Å². The number of carbonyl (C=O) groups excluding carboxylic acids is 1. The lowest BCUT2D eigenvalue weighted by Gasteiger charge is -2.25. The van der Waals surface area contributed by atoms with Gasteiger partial charge in [0.15, 0.2) is 0 Å². The molecule has 0 aliphatic carbocycles. The Balaban J connectivity index is 1.53. The molecular formula is C21H22ClN5O. The molecule has 2 aromatic carbocycles. The molecule has 0 unspecified atom stereocenters. The van der Waals surface area contributed by atoms with E-state index < -0.39 is 0 Å². The smallest absolute Gasteiger partial charge is 0.238 e. The van der Waals surface area contributed by atoms with E-state index in [0.717, 1.165) is 35.4 Å². The van der Waals surface area contributed by atoms with E-state index in [0.29, 0.717) is 17.4 Å². The molecule has 1 aliphatic heterocycles. The topological polar surface area (TPSA) is 70.2 Å². The van der Waals surface area contributed by atoms with Crippen LogP contribution in [0.2, 0.25) is 5.02 Å². The number of fused-ring (bicyclic) bond motifs is 1. The summed E-state index contributed by atoms with van der Waals surface area (Å²) in [5, 5.41) is 7.75. The minimum absolute atomic E-state index is 0.00227. The third-order valence-corrected chi connectivity index (χ3v) is 5.06. The first-order valence-corrected chi connectivity index (χ1v) is 9.85. The van der Waals surface area contributed by atoms with Crippen LogP contribution in [0.4, 0.5) is 17.2 Å². The van der Waals surface area contributed by atoms with Gasteiger partial charge in [0.25, 0.3) is 0 Å². The number of carbonyl (C=O) groups is 1. The van der Waals surface area contributed by atoms with Gasteiger partial charge < -0.3 is 10.6 Å². The number of rotatable bonds is 5. The molecule has 1 saturated heterocycles. The van der Waals surface area contributed by atoms with E-state index in [4.69, 9.17) is 11.6 Å². The summed E-state index contributed by atoms with van der Waals surface area (Å²) in [6.07, 6.45) is 5.10. The zero-order chi connectivity index (χ0) is 19.3. The highest BCUT2D eigenvalue weighted by atomic mass is 35.5. The van der Waals surface area contributed by atoms with Crippen LogP contribution in [-0.4, -0.2) is 40.4 Å². The Morgan fingerprint density at radius 1 is 1.04 bits per heavy atom. The Morgan fingerprint density at radius 3 is 2.71 bits per heavy atom. The van der Waals surface area contributed by atoms with E-state index in [1.54, 1.807) is 0 Å². The molecule has 1 amide bonds. The van der Waals surface area contributed by atoms with Crippen LogP contribution in [0.25, 0.3) is 10.9 Å². The van der Waals surface area contributed by atoms with E-state index >= 15 is 0 Å². The Morgan fingerprint density at radius 2 is 1.89 bits per heavy atom. The van der Waals surface area contributed by atoms with Crippen LogP contribution in [0.5, 0.6) is 0 Å². The quantitative estimate of drug-likeness (QED) is 0.667. The summed E-state index contributed by atoms with van der Waals surface area (Å²) in [7, 11) is 0. The van der Waals surface area contributed by atoms with Crippen molar-refractivity contribution in [3.05, 3.63) is 53.8 Å². The van der Waals surface area contributed by atoms with Gasteiger partial charge in [-0.25, -0.2) is 9.97 Å². The maximum absolute atomic E-state index is 12.4. The standard InChI is InChI=1S/C21H22ClN5O/c22-15-5-4-6-16(11-15)26-21-18-12-17(7-8-19(18)23-14-24-21)25-20(28)13-27-9-2-1-3-10-27/h4-8,11-12,14H,1-3,9-10,13H2,(H,25,28)(H,23,24,26). The van der Waals surface area contributed by atoms with Crippen LogP contribution in [0.15, 0.2) is 48.8 Å². The molecule has 6 nitrogen and oxygen atoms in total. The molecule has 0 bridgehead atoms. The minimum atomic E-state index is 0.00227. The summed E-state index contributed by atoms with van der Waals surface area (Å²) >= 11 is 6.07. The first-order chi connectivity index (χ1) is 13.7. The van der Waals surface area contributed by atoms with Crippen molar-refractivity contribution in [1.29, 1.82) is 0 Å². The summed E-state index contributed by atoms with van der Waals surface area (Å²) in [6, 6.07) is 13.1. The van der Waals surface area contributed by atoms with Crippen molar-refractivity contribution in [3.8, 4) is 0 Å². The molecule has 1 aliphatic rings. The van der Waals surface area contributed by atoms with Crippen molar-refractivity contribution in [3.63, 3.8) is 0 Å². The molecule has 1 aromatic heterocycles. The molecule has 0 saturated carbocycles. The molecule has 0 spiro atoms. The zero-order valence-corrected chi connectivity index (χ0v) is 16.2. The first-order valence-electron chi connectivity index (χ1n) is 9.47. The Kier molecular flexibility index (Phi) is 5.69. The molecule has 144 valence electrons. The summed E-state index contributed by atoms with van der Waals surface area (Å²) in [6.45, 7) is 2.41. The largest absolute Gasteiger partial charge is 0.340 e. The molecule has 2 N–H and O–H groups in total. The van der Waals surface area contributed by atoms with Crippen LogP contribution in [0, 0.1) is 0 Å². The van der Waals surface area contributed by atoms with E-state index in [1.165, 1.54) is 25.6 Å². The van der Waals surface area contributed by atoms with Gasteiger partial charge >= 0.3 is 0 Å². The SMILES string of the molecule is O=C(CN1CCCCC1)Nc1ccc2ncnc(Nc3cccc(Cl)c3)c2c1. The number of aromatic nitrogens is 2. The van der Waals surface area contributed by atoms with Crippen LogP contribution in [0.3, 0.4) is 0 Å². The van der Waals surface area contributed by atoms with Crippen LogP contribution >= 0.6 is 11.6 Å². The predicted octanol–water partition coefficient (Wildman–Crippen LogP) is 4.45. The Hall–Kier alpha value is -2.70. The first kappa shape index (κ1) is 18.7. The number of halogens is 1. The summed E-state index contributed by atoms with van der Waals surface area (Å²) < 4.78 is 0. The molecule has 0 atom stereocenters. The predicted molar refractivity (Wildman–Crippen MR) is 113 cm³/mol. The number of hydrogen-bond donors (Lipinski definition) is 2. The van der Waals surface area contributed by atoms with Gasteiger partial charge in [0.2, 0.25) is 5.91 Å².